The van der Waals surface area contributed by atoms with Crippen molar-refractivity contribution in [1.82, 2.24) is 4.57 Å². The van der Waals surface area contributed by atoms with Gasteiger partial charge in [-0.2, -0.15) is 21.6 Å². The monoisotopic (exact) mass is 735 g/mol. The van der Waals surface area contributed by atoms with Crippen molar-refractivity contribution in [2.75, 3.05) is 0 Å². The van der Waals surface area contributed by atoms with E-state index >= 15 is 0 Å². The summed E-state index contributed by atoms with van der Waals surface area (Å²) in [5, 5.41) is 6.90. The number of furan rings is 1. The van der Waals surface area contributed by atoms with E-state index in [0.717, 1.165) is 66.2 Å². The van der Waals surface area contributed by atoms with Gasteiger partial charge in [-0.15, -0.1) is 0 Å². The van der Waals surface area contributed by atoms with Gasteiger partial charge >= 0.3 is 15.6 Å². The lowest BCUT2D eigenvalue weighted by Gasteiger charge is -2.14. The van der Waals surface area contributed by atoms with Gasteiger partial charge in [0.05, 0.1) is 15.5 Å². The predicted molar refractivity (Wildman–Crippen MR) is 192 cm³/mol. The van der Waals surface area contributed by atoms with Crippen molar-refractivity contribution in [2.45, 2.75) is 5.51 Å². The van der Waals surface area contributed by atoms with Crippen LogP contribution in [-0.2, 0) is 10.1 Å². The molecule has 10 heteroatoms. The molecule has 2 aromatic heterocycles. The van der Waals surface area contributed by atoms with E-state index in [9.17, 15) is 21.6 Å². The zero-order valence-corrected chi connectivity index (χ0v) is 27.5. The summed E-state index contributed by atoms with van der Waals surface area (Å²) in [6.45, 7) is 0. The van der Waals surface area contributed by atoms with Gasteiger partial charge in [-0.05, 0) is 80.3 Å². The number of aromatic nitrogens is 1. The zero-order valence-electron chi connectivity index (χ0n) is 25.1. The normalized spacial score (nSPS) is 12.7. The van der Waals surface area contributed by atoms with Gasteiger partial charge in [-0.1, -0.05) is 84.9 Å². The van der Waals surface area contributed by atoms with Crippen molar-refractivity contribution < 1.29 is 30.2 Å². The second-order valence-corrected chi connectivity index (χ2v) is 14.2. The Balaban J connectivity index is 1.39. The minimum atomic E-state index is -5.89. The number of halogens is 4. The number of fused-ring (bicyclic) bond motifs is 10. The highest BCUT2D eigenvalue weighted by molar-refractivity contribution is 9.10. The van der Waals surface area contributed by atoms with Crippen molar-refractivity contribution in [3.63, 3.8) is 0 Å². The molecule has 0 aliphatic heterocycles. The van der Waals surface area contributed by atoms with Crippen molar-refractivity contribution in [2.24, 2.45) is 0 Å². The Morgan fingerprint density at radius 2 is 1.14 bits per heavy atom. The number of hydrogen-bond donors (Lipinski definition) is 0. The van der Waals surface area contributed by atoms with Crippen molar-refractivity contribution in [1.29, 1.82) is 0 Å². The van der Waals surface area contributed by atoms with Gasteiger partial charge in [0.2, 0.25) is 0 Å². The van der Waals surface area contributed by atoms with E-state index in [2.05, 4.69) is 67.1 Å². The Morgan fingerprint density at radius 1 is 0.592 bits per heavy atom. The molecule has 0 spiro atoms. The van der Waals surface area contributed by atoms with Gasteiger partial charge in [-0.3, -0.25) is 0 Å². The van der Waals surface area contributed by atoms with Gasteiger partial charge in [0, 0.05) is 38.0 Å². The van der Waals surface area contributed by atoms with Gasteiger partial charge in [0.1, 0.15) is 16.9 Å². The molecule has 0 atom stereocenters. The largest absolute Gasteiger partial charge is 0.534 e. The van der Waals surface area contributed by atoms with E-state index in [1.165, 1.54) is 6.07 Å². The first-order valence-corrected chi connectivity index (χ1v) is 17.4. The van der Waals surface area contributed by atoms with Crippen LogP contribution in [0.5, 0.6) is 5.75 Å². The van der Waals surface area contributed by atoms with E-state index in [0.29, 0.717) is 21.9 Å². The molecule has 2 heterocycles. The fourth-order valence-electron chi connectivity index (χ4n) is 6.97. The standard InChI is InChI=1S/C39H21BrF3NO4S/c40-34-19-23(48-49(45,46)39(41,42)43)18-32-33-21-30(25-13-5-7-16-28(25)37(33)47-38(32)34)29-20-31-26-14-8-9-17-35(26)44(22-10-2-1-3-11-22)36(31)27-15-6-4-12-24(27)29/h1-21H. The molecule has 0 radical (unpaired) electrons. The maximum absolute atomic E-state index is 13.2. The van der Waals surface area contributed by atoms with E-state index in [4.69, 9.17) is 4.42 Å². The fourth-order valence-corrected chi connectivity index (χ4v) is 7.93. The minimum absolute atomic E-state index is 0.250. The van der Waals surface area contributed by atoms with E-state index < -0.39 is 21.4 Å². The lowest BCUT2D eigenvalue weighted by Crippen LogP contribution is -2.28. The molecule has 0 N–H and O–H groups in total. The van der Waals surface area contributed by atoms with Crippen LogP contribution in [0.2, 0.25) is 0 Å². The topological polar surface area (TPSA) is 61.4 Å². The maximum atomic E-state index is 13.2. The molecular formula is C39H21BrF3NO4S. The third-order valence-electron chi connectivity index (χ3n) is 8.98. The third-order valence-corrected chi connectivity index (χ3v) is 10.5. The average Bonchev–Trinajstić information content (AvgIpc) is 3.64. The maximum Gasteiger partial charge on any atom is 0.534 e. The smallest absolute Gasteiger partial charge is 0.454 e. The molecule has 5 nitrogen and oxygen atoms in total. The molecule has 0 bridgehead atoms. The van der Waals surface area contributed by atoms with E-state index in [-0.39, 0.29) is 4.47 Å². The number of nitrogens with zero attached hydrogens (tertiary/aromatic N) is 1. The Hall–Kier alpha value is -5.32. The van der Waals surface area contributed by atoms with Gasteiger partial charge in [0.15, 0.2) is 0 Å². The van der Waals surface area contributed by atoms with E-state index in [1.807, 2.05) is 72.8 Å². The molecule has 0 fully saturated rings. The molecule has 49 heavy (non-hydrogen) atoms. The highest BCUT2D eigenvalue weighted by Crippen LogP contribution is 2.47. The van der Waals surface area contributed by atoms with Crippen LogP contribution in [0.3, 0.4) is 0 Å². The first-order valence-electron chi connectivity index (χ1n) is 15.2. The quantitative estimate of drug-likeness (QED) is 0.133. The Labute approximate surface area is 285 Å². The minimum Gasteiger partial charge on any atom is -0.454 e. The number of para-hydroxylation sites is 2. The first-order chi connectivity index (χ1) is 23.6. The van der Waals surface area contributed by atoms with Crippen LogP contribution in [-0.4, -0.2) is 18.5 Å². The van der Waals surface area contributed by atoms with Crippen LogP contribution in [0.15, 0.2) is 136 Å². The fraction of sp³-hybridized carbons (Fsp3) is 0.0256. The van der Waals surface area contributed by atoms with Gasteiger partial charge < -0.3 is 13.2 Å². The first kappa shape index (κ1) is 29.8. The Bertz CT molecular complexity index is 2930. The molecule has 0 saturated heterocycles. The average molecular weight is 737 g/mol. The molecule has 7 aromatic carbocycles. The molecule has 240 valence electrons. The number of rotatable bonds is 4. The van der Waals surface area contributed by atoms with Crippen LogP contribution in [0.25, 0.3) is 82.1 Å². The number of hydrogen-bond acceptors (Lipinski definition) is 4. The van der Waals surface area contributed by atoms with Crippen molar-refractivity contribution >= 4 is 91.3 Å². The van der Waals surface area contributed by atoms with Crippen LogP contribution in [0.4, 0.5) is 13.2 Å². The van der Waals surface area contributed by atoms with E-state index in [1.54, 1.807) is 0 Å². The second kappa shape index (κ2) is 10.6. The SMILES string of the molecule is O=S(=O)(Oc1cc(Br)c2oc3c4ccccc4c(-c4cc5c6ccccc6n(-c6ccccc6)c5c5ccccc45)cc3c2c1)C(F)(F)F. The van der Waals surface area contributed by atoms with Crippen molar-refractivity contribution in [3.05, 3.63) is 132 Å². The number of benzene rings is 7. The highest BCUT2D eigenvalue weighted by atomic mass is 79.9. The second-order valence-electron chi connectivity index (χ2n) is 11.8. The molecule has 9 rings (SSSR count). The summed E-state index contributed by atoms with van der Waals surface area (Å²) in [5.41, 5.74) is 0.292. The zero-order chi connectivity index (χ0) is 33.7. The summed E-state index contributed by atoms with van der Waals surface area (Å²) >= 11 is 3.36. The summed E-state index contributed by atoms with van der Waals surface area (Å²) in [5.74, 6) is -0.491. The number of alkyl halides is 3. The molecule has 9 aromatic rings. The molecule has 0 amide bonds. The Kier molecular flexibility index (Phi) is 6.44. The summed E-state index contributed by atoms with van der Waals surface area (Å²) in [7, 11) is -5.89. The predicted octanol–water partition coefficient (Wildman–Crippen LogP) is 11.6. The lowest BCUT2D eigenvalue weighted by atomic mass is 9.90. The summed E-state index contributed by atoms with van der Waals surface area (Å²) in [4.78, 5) is 0. The van der Waals surface area contributed by atoms with Crippen molar-refractivity contribution in [3.8, 4) is 22.6 Å². The molecule has 0 unspecified atom stereocenters. The summed E-state index contributed by atoms with van der Waals surface area (Å²) < 4.78 is 76.9. The summed E-state index contributed by atoms with van der Waals surface area (Å²) in [6, 6.07) is 41.2. The Morgan fingerprint density at radius 3 is 1.84 bits per heavy atom. The van der Waals surface area contributed by atoms with Crippen LogP contribution in [0.1, 0.15) is 0 Å². The van der Waals surface area contributed by atoms with Crippen LogP contribution >= 0.6 is 15.9 Å². The van der Waals surface area contributed by atoms with Gasteiger partial charge in [-0.25, -0.2) is 0 Å². The lowest BCUT2D eigenvalue weighted by molar-refractivity contribution is -0.0500. The highest BCUT2D eigenvalue weighted by Gasteiger charge is 2.48. The summed E-state index contributed by atoms with van der Waals surface area (Å²) in [6.07, 6.45) is 0. The molecule has 0 aliphatic rings. The molecule has 0 aliphatic carbocycles. The van der Waals surface area contributed by atoms with Crippen LogP contribution in [0, 0.1) is 0 Å². The molecular weight excluding hydrogens is 715 g/mol. The van der Waals surface area contributed by atoms with Gasteiger partial charge in [0.25, 0.3) is 0 Å². The molecule has 0 saturated carbocycles. The van der Waals surface area contributed by atoms with Crippen LogP contribution < -0.4 is 4.18 Å². The third kappa shape index (κ3) is 4.47.